The molecule has 1 aromatic carbocycles. The summed E-state index contributed by atoms with van der Waals surface area (Å²) in [4.78, 5) is 4.28. The number of hydrogen-bond donors (Lipinski definition) is 1. The number of hydrogen-bond acceptors (Lipinski definition) is 3. The second kappa shape index (κ2) is 5.63. The summed E-state index contributed by atoms with van der Waals surface area (Å²) in [5.74, 6) is 0.858. The summed E-state index contributed by atoms with van der Waals surface area (Å²) in [6, 6.07) is 9.08. The summed E-state index contributed by atoms with van der Waals surface area (Å²) >= 11 is 1.67. The molecule has 1 saturated carbocycles. The average Bonchev–Trinajstić information content (AvgIpc) is 3.13. The summed E-state index contributed by atoms with van der Waals surface area (Å²) in [5, 5.41) is 5.59. The molecule has 1 heterocycles. The van der Waals surface area contributed by atoms with Crippen molar-refractivity contribution >= 4 is 11.3 Å². The molecule has 1 aromatic heterocycles. The van der Waals surface area contributed by atoms with Crippen LogP contribution in [-0.2, 0) is 13.0 Å². The third-order valence-electron chi connectivity index (χ3n) is 3.40. The van der Waals surface area contributed by atoms with Crippen LogP contribution in [0.2, 0.25) is 0 Å². The van der Waals surface area contributed by atoms with Crippen molar-refractivity contribution in [3.05, 3.63) is 52.0 Å². The first-order valence-electron chi connectivity index (χ1n) is 6.58. The lowest BCUT2D eigenvalue weighted by Gasteiger charge is -2.05. The fourth-order valence-corrected chi connectivity index (χ4v) is 2.73. The van der Waals surface area contributed by atoms with Gasteiger partial charge in [0, 0.05) is 24.9 Å². The molecule has 3 rings (SSSR count). The monoisotopic (exact) mass is 258 g/mol. The number of rotatable bonds is 6. The van der Waals surface area contributed by atoms with Gasteiger partial charge in [0.15, 0.2) is 0 Å². The van der Waals surface area contributed by atoms with Gasteiger partial charge in [-0.15, -0.1) is 11.3 Å². The van der Waals surface area contributed by atoms with Crippen LogP contribution in [0.4, 0.5) is 0 Å². The fraction of sp³-hybridized carbons (Fsp3) is 0.400. The molecule has 0 radical (unpaired) electrons. The largest absolute Gasteiger partial charge is 0.312 e. The Morgan fingerprint density at radius 1 is 1.22 bits per heavy atom. The molecular formula is C15H18N2S. The Balaban J connectivity index is 1.42. The quantitative estimate of drug-likeness (QED) is 0.804. The molecule has 0 atom stereocenters. The summed E-state index contributed by atoms with van der Waals surface area (Å²) in [6.07, 6.45) is 3.78. The van der Waals surface area contributed by atoms with Gasteiger partial charge in [0.2, 0.25) is 0 Å². The van der Waals surface area contributed by atoms with Gasteiger partial charge in [-0.3, -0.25) is 0 Å². The second-order valence-corrected chi connectivity index (χ2v) is 5.64. The topological polar surface area (TPSA) is 24.9 Å². The molecule has 18 heavy (non-hydrogen) atoms. The van der Waals surface area contributed by atoms with Gasteiger partial charge in [-0.1, -0.05) is 24.3 Å². The van der Waals surface area contributed by atoms with Crippen molar-refractivity contribution in [1.82, 2.24) is 10.3 Å². The van der Waals surface area contributed by atoms with E-state index < -0.39 is 0 Å². The highest BCUT2D eigenvalue weighted by Crippen LogP contribution is 2.39. The Hall–Kier alpha value is -1.19. The molecule has 0 spiro atoms. The molecule has 0 bridgehead atoms. The molecule has 1 N–H and O–H groups in total. The van der Waals surface area contributed by atoms with Crippen LogP contribution < -0.4 is 5.32 Å². The maximum atomic E-state index is 4.28. The summed E-state index contributed by atoms with van der Waals surface area (Å²) in [5.41, 5.74) is 5.97. The molecule has 1 aliphatic rings. The molecule has 2 aromatic rings. The minimum absolute atomic E-state index is 0.858. The van der Waals surface area contributed by atoms with Crippen molar-refractivity contribution in [2.45, 2.75) is 31.7 Å². The van der Waals surface area contributed by atoms with E-state index in [2.05, 4.69) is 39.9 Å². The minimum atomic E-state index is 0.858. The van der Waals surface area contributed by atoms with E-state index in [0.29, 0.717) is 0 Å². The summed E-state index contributed by atoms with van der Waals surface area (Å²) in [6.45, 7) is 1.95. The van der Waals surface area contributed by atoms with Gasteiger partial charge in [-0.25, -0.2) is 4.98 Å². The molecule has 0 amide bonds. The first-order valence-corrected chi connectivity index (χ1v) is 7.53. The number of benzene rings is 1. The fourth-order valence-electron chi connectivity index (χ4n) is 2.13. The molecular weight excluding hydrogens is 240 g/mol. The molecule has 0 saturated heterocycles. The van der Waals surface area contributed by atoms with E-state index in [1.165, 1.54) is 29.7 Å². The molecule has 1 aliphatic carbocycles. The van der Waals surface area contributed by atoms with Gasteiger partial charge < -0.3 is 5.32 Å². The predicted molar refractivity (Wildman–Crippen MR) is 75.9 cm³/mol. The van der Waals surface area contributed by atoms with Gasteiger partial charge in [0.25, 0.3) is 0 Å². The van der Waals surface area contributed by atoms with Crippen LogP contribution >= 0.6 is 11.3 Å². The van der Waals surface area contributed by atoms with Crippen LogP contribution in [0.25, 0.3) is 0 Å². The van der Waals surface area contributed by atoms with Crippen molar-refractivity contribution in [2.24, 2.45) is 0 Å². The third kappa shape index (κ3) is 3.18. The van der Waals surface area contributed by atoms with E-state index in [-0.39, 0.29) is 0 Å². The van der Waals surface area contributed by atoms with E-state index >= 15 is 0 Å². The van der Waals surface area contributed by atoms with Gasteiger partial charge in [-0.05, 0) is 29.9 Å². The van der Waals surface area contributed by atoms with Crippen molar-refractivity contribution in [3.8, 4) is 0 Å². The van der Waals surface area contributed by atoms with E-state index in [1.54, 1.807) is 11.3 Å². The lowest BCUT2D eigenvalue weighted by molar-refractivity contribution is 0.681. The zero-order valence-corrected chi connectivity index (χ0v) is 11.2. The van der Waals surface area contributed by atoms with Crippen LogP contribution in [0.5, 0.6) is 0 Å². The van der Waals surface area contributed by atoms with Crippen LogP contribution in [0.3, 0.4) is 0 Å². The molecule has 0 unspecified atom stereocenters. The molecule has 94 valence electrons. The van der Waals surface area contributed by atoms with Gasteiger partial charge in [0.1, 0.15) is 0 Å². The van der Waals surface area contributed by atoms with Gasteiger partial charge in [0.05, 0.1) is 11.2 Å². The molecule has 2 nitrogen and oxygen atoms in total. The number of aromatic nitrogens is 1. The van der Waals surface area contributed by atoms with E-state index in [0.717, 1.165) is 25.4 Å². The Morgan fingerprint density at radius 3 is 2.72 bits per heavy atom. The Labute approximate surface area is 112 Å². The van der Waals surface area contributed by atoms with E-state index in [9.17, 15) is 0 Å². The van der Waals surface area contributed by atoms with Crippen molar-refractivity contribution in [2.75, 3.05) is 6.54 Å². The second-order valence-electron chi connectivity index (χ2n) is 4.92. The summed E-state index contributed by atoms with van der Waals surface area (Å²) in [7, 11) is 0. The number of thiazole rings is 1. The maximum Gasteiger partial charge on any atom is 0.0794 e. The van der Waals surface area contributed by atoms with Gasteiger partial charge in [-0.2, -0.15) is 0 Å². The van der Waals surface area contributed by atoms with Crippen molar-refractivity contribution < 1.29 is 0 Å². The first kappa shape index (κ1) is 11.9. The van der Waals surface area contributed by atoms with E-state index in [4.69, 9.17) is 0 Å². The maximum absolute atomic E-state index is 4.28. The van der Waals surface area contributed by atoms with Crippen LogP contribution in [0, 0.1) is 0 Å². The lowest BCUT2D eigenvalue weighted by atomic mass is 10.1. The zero-order valence-electron chi connectivity index (χ0n) is 10.4. The highest BCUT2D eigenvalue weighted by Gasteiger charge is 2.22. The van der Waals surface area contributed by atoms with Crippen LogP contribution in [-0.4, -0.2) is 11.5 Å². The average molecular weight is 258 g/mol. The van der Waals surface area contributed by atoms with E-state index in [1.807, 2.05) is 5.51 Å². The smallest absolute Gasteiger partial charge is 0.0794 e. The normalized spacial score (nSPS) is 14.9. The number of nitrogens with zero attached hydrogens (tertiary/aromatic N) is 1. The Bertz CT molecular complexity index is 472. The summed E-state index contributed by atoms with van der Waals surface area (Å²) < 4.78 is 0. The minimum Gasteiger partial charge on any atom is -0.312 e. The first-order chi connectivity index (χ1) is 8.92. The van der Waals surface area contributed by atoms with Gasteiger partial charge >= 0.3 is 0 Å². The standard InChI is InChI=1S/C15H18N2S/c1-3-13(14-5-6-14)4-2-12(1)9-16-8-7-15-10-18-11-17-15/h1-4,10-11,14,16H,5-9H2. The zero-order chi connectivity index (χ0) is 12.2. The Morgan fingerprint density at radius 2 is 2.06 bits per heavy atom. The van der Waals surface area contributed by atoms with Crippen molar-refractivity contribution in [3.63, 3.8) is 0 Å². The number of nitrogens with one attached hydrogen (secondary N) is 1. The predicted octanol–water partition coefficient (Wildman–Crippen LogP) is 3.35. The third-order valence-corrected chi connectivity index (χ3v) is 4.03. The molecule has 0 aliphatic heterocycles. The van der Waals surface area contributed by atoms with Crippen LogP contribution in [0.15, 0.2) is 35.2 Å². The van der Waals surface area contributed by atoms with Crippen LogP contribution in [0.1, 0.15) is 35.6 Å². The Kier molecular flexibility index (Phi) is 3.72. The highest BCUT2D eigenvalue weighted by molar-refractivity contribution is 7.07. The van der Waals surface area contributed by atoms with Crippen molar-refractivity contribution in [1.29, 1.82) is 0 Å². The lowest BCUT2D eigenvalue weighted by Crippen LogP contribution is -2.16. The SMILES string of the molecule is c1nc(CCNCc2ccc(C3CC3)cc2)cs1. The molecule has 3 heteroatoms. The highest BCUT2D eigenvalue weighted by atomic mass is 32.1. The molecule has 1 fully saturated rings.